The lowest BCUT2D eigenvalue weighted by Gasteiger charge is -2.49. The second-order valence-corrected chi connectivity index (χ2v) is 7.66. The van der Waals surface area contributed by atoms with Gasteiger partial charge in [0.15, 0.2) is 6.61 Å². The first kappa shape index (κ1) is 22.8. The summed E-state index contributed by atoms with van der Waals surface area (Å²) in [6.45, 7) is -0.220. The number of carbonyl (C=O) groups is 3. The Labute approximate surface area is 189 Å². The van der Waals surface area contributed by atoms with Crippen molar-refractivity contribution in [2.75, 3.05) is 18.6 Å². The summed E-state index contributed by atoms with van der Waals surface area (Å²) >= 11 is 4.96. The normalized spacial score (nSPS) is 19.4. The highest BCUT2D eigenvalue weighted by molar-refractivity contribution is 8.00. The maximum Gasteiger partial charge on any atom is 0.352 e. The predicted octanol–water partition coefficient (Wildman–Crippen LogP) is 2.51. The third-order valence-electron chi connectivity index (χ3n) is 4.72. The fourth-order valence-corrected chi connectivity index (χ4v) is 4.74. The van der Waals surface area contributed by atoms with Crippen molar-refractivity contribution in [2.24, 2.45) is 0 Å². The summed E-state index contributed by atoms with van der Waals surface area (Å²) in [4.78, 5) is 38.0. The van der Waals surface area contributed by atoms with Gasteiger partial charge in [-0.25, -0.2) is 4.79 Å². The Balaban J connectivity index is 0.00000132. The minimum Gasteiger partial charge on any atom is -0.484 e. The van der Waals surface area contributed by atoms with E-state index in [0.717, 1.165) is 5.56 Å². The third-order valence-corrected chi connectivity index (χ3v) is 6.00. The molecule has 0 radical (unpaired) electrons. The smallest absolute Gasteiger partial charge is 0.352 e. The number of carboxylic acids is 1. The SMILES string of the molecule is CS.O=C(COc1ccccc1)N[C@@H]1C(=O)N2C(C(=O)O)=C(c3ccccc3)CS[C@@H]12. The summed E-state index contributed by atoms with van der Waals surface area (Å²) in [7, 11) is 0. The molecule has 7 nitrogen and oxygen atoms in total. The molecule has 162 valence electrons. The summed E-state index contributed by atoms with van der Waals surface area (Å²) in [6.07, 6.45) is 1.69. The summed E-state index contributed by atoms with van der Waals surface area (Å²) < 4.78 is 5.40. The Morgan fingerprint density at radius 1 is 1.13 bits per heavy atom. The van der Waals surface area contributed by atoms with E-state index in [1.54, 1.807) is 30.5 Å². The Hall–Kier alpha value is -2.91. The van der Waals surface area contributed by atoms with E-state index < -0.39 is 29.2 Å². The molecule has 4 rings (SSSR count). The maximum absolute atomic E-state index is 12.7. The molecule has 0 spiro atoms. The van der Waals surface area contributed by atoms with Gasteiger partial charge in [0, 0.05) is 11.3 Å². The van der Waals surface area contributed by atoms with Crippen molar-refractivity contribution in [3.05, 3.63) is 71.9 Å². The number of hydrogen-bond acceptors (Lipinski definition) is 6. The minimum absolute atomic E-state index is 0.0176. The summed E-state index contributed by atoms with van der Waals surface area (Å²) in [5.41, 5.74) is 1.35. The first-order chi connectivity index (χ1) is 15.1. The molecule has 0 aliphatic carbocycles. The van der Waals surface area contributed by atoms with E-state index in [9.17, 15) is 19.5 Å². The maximum atomic E-state index is 12.7. The number of benzene rings is 2. The molecule has 0 saturated carbocycles. The molecule has 2 aromatic carbocycles. The molecule has 2 amide bonds. The fourth-order valence-electron chi connectivity index (χ4n) is 3.36. The number of thiol groups is 1. The largest absolute Gasteiger partial charge is 0.484 e. The molecular formula is C22H22N2O5S2. The zero-order valence-electron chi connectivity index (χ0n) is 16.7. The van der Waals surface area contributed by atoms with Gasteiger partial charge in [0.2, 0.25) is 0 Å². The monoisotopic (exact) mass is 458 g/mol. The van der Waals surface area contributed by atoms with Crippen LogP contribution < -0.4 is 10.1 Å². The average Bonchev–Trinajstić information content (AvgIpc) is 2.82. The lowest BCUT2D eigenvalue weighted by Crippen LogP contribution is -2.70. The first-order valence-corrected chi connectivity index (χ1v) is 11.4. The quantitative estimate of drug-likeness (QED) is 0.455. The summed E-state index contributed by atoms with van der Waals surface area (Å²) in [5.74, 6) is -1.02. The zero-order valence-corrected chi connectivity index (χ0v) is 18.4. The predicted molar refractivity (Wildman–Crippen MR) is 123 cm³/mol. The number of rotatable bonds is 6. The highest BCUT2D eigenvalue weighted by Gasteiger charge is 2.54. The molecule has 9 heteroatoms. The number of β-lactam (4-membered cyclic amide) rings is 1. The molecule has 31 heavy (non-hydrogen) atoms. The number of nitrogens with zero attached hydrogens (tertiary/aromatic N) is 1. The van der Waals surface area contributed by atoms with Gasteiger partial charge in [-0.1, -0.05) is 48.5 Å². The van der Waals surface area contributed by atoms with Crippen LogP contribution in [0.3, 0.4) is 0 Å². The number of hydrogen-bond donors (Lipinski definition) is 3. The van der Waals surface area contributed by atoms with Crippen LogP contribution >= 0.6 is 24.4 Å². The van der Waals surface area contributed by atoms with E-state index in [1.807, 2.05) is 36.4 Å². The van der Waals surface area contributed by atoms with Crippen molar-refractivity contribution < 1.29 is 24.2 Å². The van der Waals surface area contributed by atoms with Crippen LogP contribution in [0.4, 0.5) is 0 Å². The fraction of sp³-hybridized carbons (Fsp3) is 0.227. The minimum atomic E-state index is -1.15. The van der Waals surface area contributed by atoms with Crippen LogP contribution in [0.25, 0.3) is 5.57 Å². The van der Waals surface area contributed by atoms with E-state index >= 15 is 0 Å². The Morgan fingerprint density at radius 3 is 2.35 bits per heavy atom. The van der Waals surface area contributed by atoms with Gasteiger partial charge in [0.05, 0.1) is 0 Å². The van der Waals surface area contributed by atoms with E-state index in [2.05, 4.69) is 17.9 Å². The lowest BCUT2D eigenvalue weighted by atomic mass is 9.99. The van der Waals surface area contributed by atoms with Gasteiger partial charge >= 0.3 is 5.97 Å². The molecular weight excluding hydrogens is 436 g/mol. The number of thioether (sulfide) groups is 1. The van der Waals surface area contributed by atoms with Gasteiger partial charge in [-0.3, -0.25) is 14.5 Å². The van der Waals surface area contributed by atoms with Crippen LogP contribution in [0, 0.1) is 0 Å². The number of para-hydroxylation sites is 1. The molecule has 2 N–H and O–H groups in total. The van der Waals surface area contributed by atoms with Gasteiger partial charge in [-0.2, -0.15) is 12.6 Å². The zero-order chi connectivity index (χ0) is 22.4. The van der Waals surface area contributed by atoms with Gasteiger partial charge in [0.25, 0.3) is 11.8 Å². The Bertz CT molecular complexity index is 982. The van der Waals surface area contributed by atoms with Gasteiger partial charge in [0.1, 0.15) is 22.9 Å². The molecule has 1 fully saturated rings. The van der Waals surface area contributed by atoms with Crippen LogP contribution in [0.1, 0.15) is 5.56 Å². The Morgan fingerprint density at radius 2 is 1.74 bits per heavy atom. The number of carbonyl (C=O) groups excluding carboxylic acids is 2. The third kappa shape index (κ3) is 4.88. The van der Waals surface area contributed by atoms with Crippen molar-refractivity contribution in [1.29, 1.82) is 0 Å². The number of carboxylic acid groups (broad SMARTS) is 1. The molecule has 2 aliphatic rings. The van der Waals surface area contributed by atoms with Crippen molar-refractivity contribution >= 4 is 47.7 Å². The van der Waals surface area contributed by atoms with Crippen LogP contribution in [0.15, 0.2) is 66.4 Å². The molecule has 0 unspecified atom stereocenters. The molecule has 2 aliphatic heterocycles. The summed E-state index contributed by atoms with van der Waals surface area (Å²) in [6, 6.07) is 17.3. The molecule has 0 aromatic heterocycles. The number of ether oxygens (including phenoxy) is 1. The van der Waals surface area contributed by atoms with Crippen molar-refractivity contribution in [2.45, 2.75) is 11.4 Å². The van der Waals surface area contributed by atoms with E-state index in [0.29, 0.717) is 17.1 Å². The van der Waals surface area contributed by atoms with Crippen LogP contribution in [0.5, 0.6) is 5.75 Å². The number of nitrogens with one attached hydrogen (secondary N) is 1. The molecule has 2 atom stereocenters. The van der Waals surface area contributed by atoms with E-state index in [1.165, 1.54) is 16.7 Å². The van der Waals surface area contributed by atoms with E-state index in [-0.39, 0.29) is 12.3 Å². The van der Waals surface area contributed by atoms with Crippen molar-refractivity contribution in [3.8, 4) is 5.75 Å². The standard InChI is InChI=1S/C21H18N2O5S.CH4S/c24-16(11-28-14-9-5-2-6-10-14)22-17-19(25)23-18(21(26)27)15(12-29-20(17)23)13-7-3-1-4-8-13;1-2/h1-10,17,20H,11-12H2,(H,22,24)(H,26,27);2H,1H3/t17-,20+;/m1./s1. The lowest BCUT2D eigenvalue weighted by molar-refractivity contribution is -0.150. The van der Waals surface area contributed by atoms with Crippen LogP contribution in [-0.4, -0.2) is 57.8 Å². The van der Waals surface area contributed by atoms with Crippen molar-refractivity contribution in [3.63, 3.8) is 0 Å². The average molecular weight is 459 g/mol. The van der Waals surface area contributed by atoms with Gasteiger partial charge < -0.3 is 15.2 Å². The highest BCUT2D eigenvalue weighted by Crippen LogP contribution is 2.43. The van der Waals surface area contributed by atoms with Crippen LogP contribution in [-0.2, 0) is 14.4 Å². The van der Waals surface area contributed by atoms with Crippen LogP contribution in [0.2, 0.25) is 0 Å². The second kappa shape index (κ2) is 10.4. The van der Waals surface area contributed by atoms with Crippen molar-refractivity contribution in [1.82, 2.24) is 10.2 Å². The molecule has 2 aromatic rings. The summed E-state index contributed by atoms with van der Waals surface area (Å²) in [5, 5.41) is 11.9. The van der Waals surface area contributed by atoms with E-state index in [4.69, 9.17) is 4.74 Å². The molecule has 0 bridgehead atoms. The highest BCUT2D eigenvalue weighted by atomic mass is 32.2. The second-order valence-electron chi connectivity index (χ2n) is 6.56. The topological polar surface area (TPSA) is 95.9 Å². The number of amides is 2. The number of aliphatic carboxylic acids is 1. The van der Waals surface area contributed by atoms with Gasteiger partial charge in [-0.15, -0.1) is 11.8 Å². The van der Waals surface area contributed by atoms with Gasteiger partial charge in [-0.05, 0) is 24.0 Å². The number of fused-ring (bicyclic) bond motifs is 1. The molecule has 1 saturated heterocycles. The first-order valence-electron chi connectivity index (χ1n) is 9.44. The Kier molecular flexibility index (Phi) is 7.64. The molecule has 2 heterocycles.